The zero-order valence-electron chi connectivity index (χ0n) is 11.9. The van der Waals surface area contributed by atoms with Crippen LogP contribution in [0.25, 0.3) is 0 Å². The third kappa shape index (κ3) is 2.15. The van der Waals surface area contributed by atoms with Crippen LogP contribution in [0.2, 0.25) is 0 Å². The van der Waals surface area contributed by atoms with Crippen LogP contribution < -0.4 is 19.5 Å². The van der Waals surface area contributed by atoms with Gasteiger partial charge in [0, 0.05) is 12.0 Å². The predicted molar refractivity (Wildman–Crippen MR) is 79.3 cm³/mol. The van der Waals surface area contributed by atoms with Crippen LogP contribution in [0, 0.1) is 0 Å². The molecule has 4 rings (SSSR count). The van der Waals surface area contributed by atoms with Crippen LogP contribution in [0.15, 0.2) is 42.5 Å². The molecule has 5 nitrogen and oxygen atoms in total. The lowest BCUT2D eigenvalue weighted by Crippen LogP contribution is -2.32. The van der Waals surface area contributed by atoms with Gasteiger partial charge in [-0.2, -0.15) is 0 Å². The van der Waals surface area contributed by atoms with E-state index in [0.29, 0.717) is 23.7 Å². The molecule has 1 atom stereocenters. The molecule has 22 heavy (non-hydrogen) atoms. The van der Waals surface area contributed by atoms with E-state index in [4.69, 9.17) is 14.2 Å². The van der Waals surface area contributed by atoms with Gasteiger partial charge < -0.3 is 19.5 Å². The molecule has 0 saturated carbocycles. The Morgan fingerprint density at radius 2 is 1.86 bits per heavy atom. The van der Waals surface area contributed by atoms with Gasteiger partial charge in [-0.3, -0.25) is 4.79 Å². The van der Waals surface area contributed by atoms with Gasteiger partial charge in [0.2, 0.25) is 6.79 Å². The summed E-state index contributed by atoms with van der Waals surface area (Å²) < 4.78 is 16.3. The third-order valence-electron chi connectivity index (χ3n) is 3.91. The van der Waals surface area contributed by atoms with Gasteiger partial charge in [-0.25, -0.2) is 0 Å². The molecule has 1 amide bonds. The smallest absolute Gasteiger partial charge is 0.255 e. The Bertz CT molecular complexity index is 728. The van der Waals surface area contributed by atoms with Gasteiger partial charge >= 0.3 is 0 Å². The van der Waals surface area contributed by atoms with Crippen molar-refractivity contribution in [3.8, 4) is 17.2 Å². The number of nitrogens with one attached hydrogen (secondary N) is 1. The lowest BCUT2D eigenvalue weighted by molar-refractivity contribution is 0.0920. The van der Waals surface area contributed by atoms with E-state index >= 15 is 0 Å². The number of amides is 1. The van der Waals surface area contributed by atoms with Crippen molar-refractivity contribution < 1.29 is 19.0 Å². The number of hydrogen-bond acceptors (Lipinski definition) is 4. The van der Waals surface area contributed by atoms with Gasteiger partial charge in [-0.05, 0) is 18.2 Å². The van der Waals surface area contributed by atoms with E-state index in [1.165, 1.54) is 0 Å². The molecule has 5 heteroatoms. The maximum atomic E-state index is 12.6. The molecular formula is C17H15NO4. The number of carbonyl (C=O) groups excluding carboxylic acids is 1. The Kier molecular flexibility index (Phi) is 3.11. The Labute approximate surface area is 127 Å². The standard InChI is InChI=1S/C17H15NO4/c19-17(12-5-3-7-15-16(12)22-10-21-15)18-13-8-9-20-14-6-2-1-4-11(13)14/h1-7,13H,8-10H2,(H,18,19)/t13-/m1/s1. The maximum absolute atomic E-state index is 12.6. The van der Waals surface area contributed by atoms with Crippen molar-refractivity contribution in [3.63, 3.8) is 0 Å². The minimum atomic E-state index is -0.163. The highest BCUT2D eigenvalue weighted by Crippen LogP contribution is 2.36. The van der Waals surface area contributed by atoms with Crippen molar-refractivity contribution in [2.45, 2.75) is 12.5 Å². The Morgan fingerprint density at radius 1 is 1.00 bits per heavy atom. The first-order valence-corrected chi connectivity index (χ1v) is 7.24. The zero-order valence-corrected chi connectivity index (χ0v) is 11.9. The summed E-state index contributed by atoms with van der Waals surface area (Å²) in [5.74, 6) is 1.79. The summed E-state index contributed by atoms with van der Waals surface area (Å²) in [6.45, 7) is 0.744. The van der Waals surface area contributed by atoms with Crippen molar-refractivity contribution in [1.82, 2.24) is 5.32 Å². The lowest BCUT2D eigenvalue weighted by Gasteiger charge is -2.26. The number of carbonyl (C=O) groups is 1. The number of benzene rings is 2. The monoisotopic (exact) mass is 297 g/mol. The molecule has 2 aromatic rings. The van der Waals surface area contributed by atoms with Crippen LogP contribution in [0.1, 0.15) is 28.4 Å². The van der Waals surface area contributed by atoms with Gasteiger partial charge in [0.15, 0.2) is 11.5 Å². The van der Waals surface area contributed by atoms with Gasteiger partial charge in [0.05, 0.1) is 18.2 Å². The average molecular weight is 297 g/mol. The molecule has 0 bridgehead atoms. The summed E-state index contributed by atoms with van der Waals surface area (Å²) in [6, 6.07) is 13.1. The van der Waals surface area contributed by atoms with Gasteiger partial charge in [-0.1, -0.05) is 24.3 Å². The molecule has 0 spiro atoms. The van der Waals surface area contributed by atoms with Crippen LogP contribution in [0.5, 0.6) is 17.2 Å². The largest absolute Gasteiger partial charge is 0.493 e. The first kappa shape index (κ1) is 13.0. The van der Waals surface area contributed by atoms with Crippen LogP contribution in [-0.2, 0) is 0 Å². The molecule has 2 aliphatic rings. The molecule has 0 saturated heterocycles. The van der Waals surface area contributed by atoms with Crippen LogP contribution in [0.4, 0.5) is 0 Å². The van der Waals surface area contributed by atoms with Crippen molar-refractivity contribution in [1.29, 1.82) is 0 Å². The topological polar surface area (TPSA) is 56.8 Å². The molecular weight excluding hydrogens is 282 g/mol. The molecule has 2 heterocycles. The van der Waals surface area contributed by atoms with Gasteiger partial charge in [0.1, 0.15) is 5.75 Å². The maximum Gasteiger partial charge on any atom is 0.255 e. The lowest BCUT2D eigenvalue weighted by atomic mass is 10.00. The van der Waals surface area contributed by atoms with Gasteiger partial charge in [-0.15, -0.1) is 0 Å². The quantitative estimate of drug-likeness (QED) is 0.926. The van der Waals surface area contributed by atoms with Crippen LogP contribution in [0.3, 0.4) is 0 Å². The average Bonchev–Trinajstić information content (AvgIpc) is 3.03. The van der Waals surface area contributed by atoms with Crippen LogP contribution >= 0.6 is 0 Å². The Hall–Kier alpha value is -2.69. The number of hydrogen-bond donors (Lipinski definition) is 1. The van der Waals surface area contributed by atoms with Crippen LogP contribution in [-0.4, -0.2) is 19.3 Å². The van der Waals surface area contributed by atoms with E-state index < -0.39 is 0 Å². The highest BCUT2D eigenvalue weighted by atomic mass is 16.7. The van der Waals surface area contributed by atoms with Gasteiger partial charge in [0.25, 0.3) is 5.91 Å². The molecule has 0 radical (unpaired) electrons. The molecule has 0 aliphatic carbocycles. The molecule has 0 fully saturated rings. The minimum absolute atomic E-state index is 0.0596. The number of fused-ring (bicyclic) bond motifs is 2. The minimum Gasteiger partial charge on any atom is -0.493 e. The second kappa shape index (κ2) is 5.26. The summed E-state index contributed by atoms with van der Waals surface area (Å²) in [7, 11) is 0. The SMILES string of the molecule is O=C(N[C@@H]1CCOc2ccccc21)c1cccc2c1OCO2. The van der Waals surface area contributed by atoms with E-state index in [2.05, 4.69) is 5.32 Å². The highest BCUT2D eigenvalue weighted by molar-refractivity contribution is 5.98. The summed E-state index contributed by atoms with van der Waals surface area (Å²) in [4.78, 5) is 12.6. The highest BCUT2D eigenvalue weighted by Gasteiger charge is 2.26. The summed E-state index contributed by atoms with van der Waals surface area (Å²) in [5, 5.41) is 3.07. The van der Waals surface area contributed by atoms with Crippen molar-refractivity contribution >= 4 is 5.91 Å². The fourth-order valence-electron chi connectivity index (χ4n) is 2.84. The van der Waals surface area contributed by atoms with E-state index in [9.17, 15) is 4.79 Å². The first-order chi connectivity index (χ1) is 10.8. The Balaban J connectivity index is 1.60. The number of para-hydroxylation sites is 2. The molecule has 2 aliphatic heterocycles. The zero-order chi connectivity index (χ0) is 14.9. The number of ether oxygens (including phenoxy) is 3. The van der Waals surface area contributed by atoms with E-state index in [1.54, 1.807) is 18.2 Å². The summed E-state index contributed by atoms with van der Waals surface area (Å²) >= 11 is 0. The second-order valence-electron chi connectivity index (χ2n) is 5.24. The summed E-state index contributed by atoms with van der Waals surface area (Å²) in [5.41, 5.74) is 1.51. The van der Waals surface area contributed by atoms with E-state index in [-0.39, 0.29) is 18.7 Å². The van der Waals surface area contributed by atoms with E-state index in [1.807, 2.05) is 24.3 Å². The molecule has 0 unspecified atom stereocenters. The van der Waals surface area contributed by atoms with Crippen molar-refractivity contribution in [2.24, 2.45) is 0 Å². The van der Waals surface area contributed by atoms with Crippen molar-refractivity contribution in [3.05, 3.63) is 53.6 Å². The van der Waals surface area contributed by atoms with Crippen molar-refractivity contribution in [2.75, 3.05) is 13.4 Å². The third-order valence-corrected chi connectivity index (χ3v) is 3.91. The Morgan fingerprint density at radius 3 is 2.82 bits per heavy atom. The molecule has 0 aromatic heterocycles. The first-order valence-electron chi connectivity index (χ1n) is 7.24. The number of rotatable bonds is 2. The summed E-state index contributed by atoms with van der Waals surface area (Å²) in [6.07, 6.45) is 0.745. The molecule has 112 valence electrons. The fraction of sp³-hybridized carbons (Fsp3) is 0.235. The fourth-order valence-corrected chi connectivity index (χ4v) is 2.84. The molecule has 2 aromatic carbocycles. The normalized spacial score (nSPS) is 18.3. The van der Waals surface area contributed by atoms with E-state index in [0.717, 1.165) is 17.7 Å². The second-order valence-corrected chi connectivity index (χ2v) is 5.24. The predicted octanol–water partition coefficient (Wildman–Crippen LogP) is 2.67. The molecule has 1 N–H and O–H groups in total.